The smallest absolute Gasteiger partial charge is 0.342 e. The number of hydrogen-bond acceptors (Lipinski definition) is 4. The van der Waals surface area contributed by atoms with Gasteiger partial charge in [0.15, 0.2) is 6.10 Å². The maximum atomic E-state index is 12.3. The lowest BCUT2D eigenvalue weighted by Crippen LogP contribution is -2.24. The third kappa shape index (κ3) is 4.33. The Hall–Kier alpha value is -1.85. The summed E-state index contributed by atoms with van der Waals surface area (Å²) in [5.74, 6) is -0.614. The zero-order valence-corrected chi connectivity index (χ0v) is 14.8. The molecule has 120 valence electrons. The van der Waals surface area contributed by atoms with Crippen LogP contribution in [0.2, 0.25) is 5.02 Å². The molecular weight excluding hydrogens is 384 g/mol. The molecule has 0 aliphatic carbocycles. The minimum atomic E-state index is -0.924. The van der Waals surface area contributed by atoms with Gasteiger partial charge in [-0.1, -0.05) is 39.7 Å². The summed E-state index contributed by atoms with van der Waals surface area (Å²) in [5, 5.41) is 0.379. The second kappa shape index (κ2) is 7.62. The molecule has 0 bridgehead atoms. The highest BCUT2D eigenvalue weighted by Crippen LogP contribution is 2.24. The average molecular weight is 398 g/mol. The van der Waals surface area contributed by atoms with E-state index in [1.54, 1.807) is 36.4 Å². The van der Waals surface area contributed by atoms with Gasteiger partial charge >= 0.3 is 5.97 Å². The van der Waals surface area contributed by atoms with Crippen molar-refractivity contribution in [2.75, 3.05) is 7.11 Å². The number of ether oxygens (including phenoxy) is 2. The summed E-state index contributed by atoms with van der Waals surface area (Å²) >= 11 is 9.20. The van der Waals surface area contributed by atoms with Crippen LogP contribution < -0.4 is 4.74 Å². The molecule has 0 amide bonds. The number of hydrogen-bond donors (Lipinski definition) is 0. The lowest BCUT2D eigenvalue weighted by molar-refractivity contribution is 0.0316. The van der Waals surface area contributed by atoms with Gasteiger partial charge in [-0.25, -0.2) is 4.79 Å². The third-order valence-corrected chi connectivity index (χ3v) is 3.93. The van der Waals surface area contributed by atoms with Gasteiger partial charge in [-0.2, -0.15) is 0 Å². The van der Waals surface area contributed by atoms with Gasteiger partial charge in [-0.15, -0.1) is 0 Å². The zero-order chi connectivity index (χ0) is 17.0. The number of carbonyl (C=O) groups excluding carboxylic acids is 2. The summed E-state index contributed by atoms with van der Waals surface area (Å²) in [6.45, 7) is 1.53. The largest absolute Gasteiger partial charge is 0.496 e. The maximum absolute atomic E-state index is 12.3. The van der Waals surface area contributed by atoms with E-state index in [2.05, 4.69) is 15.9 Å². The Morgan fingerprint density at radius 3 is 2.39 bits per heavy atom. The molecule has 23 heavy (non-hydrogen) atoms. The van der Waals surface area contributed by atoms with Crippen LogP contribution >= 0.6 is 27.5 Å². The fourth-order valence-electron chi connectivity index (χ4n) is 1.97. The van der Waals surface area contributed by atoms with E-state index in [1.165, 1.54) is 20.1 Å². The van der Waals surface area contributed by atoms with E-state index in [-0.39, 0.29) is 11.3 Å². The van der Waals surface area contributed by atoms with Crippen LogP contribution in [0.5, 0.6) is 5.75 Å². The van der Waals surface area contributed by atoms with Crippen molar-refractivity contribution >= 4 is 39.3 Å². The van der Waals surface area contributed by atoms with Crippen LogP contribution in [-0.4, -0.2) is 25.0 Å². The lowest BCUT2D eigenvalue weighted by atomic mass is 10.1. The van der Waals surface area contributed by atoms with Crippen molar-refractivity contribution in [1.29, 1.82) is 0 Å². The van der Waals surface area contributed by atoms with E-state index in [0.29, 0.717) is 16.3 Å². The molecule has 0 aliphatic rings. The molecule has 2 aromatic carbocycles. The van der Waals surface area contributed by atoms with E-state index in [4.69, 9.17) is 21.1 Å². The van der Waals surface area contributed by atoms with E-state index >= 15 is 0 Å². The van der Waals surface area contributed by atoms with Gasteiger partial charge in [0, 0.05) is 15.1 Å². The van der Waals surface area contributed by atoms with Gasteiger partial charge in [0.1, 0.15) is 11.3 Å². The van der Waals surface area contributed by atoms with Crippen LogP contribution in [0, 0.1) is 0 Å². The zero-order valence-electron chi connectivity index (χ0n) is 12.5. The summed E-state index contributed by atoms with van der Waals surface area (Å²) in [6.07, 6.45) is -0.924. The number of esters is 1. The van der Waals surface area contributed by atoms with Crippen molar-refractivity contribution < 1.29 is 19.1 Å². The maximum Gasteiger partial charge on any atom is 0.342 e. The summed E-state index contributed by atoms with van der Waals surface area (Å²) in [5.41, 5.74) is 0.641. The third-order valence-electron chi connectivity index (χ3n) is 3.16. The van der Waals surface area contributed by atoms with Crippen LogP contribution in [0.25, 0.3) is 0 Å². The topological polar surface area (TPSA) is 52.6 Å². The molecule has 0 heterocycles. The van der Waals surface area contributed by atoms with Crippen LogP contribution in [0.15, 0.2) is 46.9 Å². The van der Waals surface area contributed by atoms with Crippen LogP contribution in [0.4, 0.5) is 0 Å². The van der Waals surface area contributed by atoms with E-state index in [1.807, 2.05) is 0 Å². The molecule has 0 saturated heterocycles. The van der Waals surface area contributed by atoms with Crippen molar-refractivity contribution in [3.8, 4) is 5.75 Å². The van der Waals surface area contributed by atoms with Crippen molar-refractivity contribution in [3.05, 3.63) is 63.1 Å². The first-order valence-corrected chi connectivity index (χ1v) is 7.93. The monoisotopic (exact) mass is 396 g/mol. The van der Waals surface area contributed by atoms with Gasteiger partial charge in [-0.3, -0.25) is 4.79 Å². The standard InChI is InChI=1S/C17H14BrClO4/c1-10(16(20)11-3-5-12(18)6-4-11)23-17(21)14-9-13(19)7-8-15(14)22-2/h3-10H,1-2H3/t10-/m0/s1. The van der Waals surface area contributed by atoms with E-state index < -0.39 is 12.1 Å². The Labute approximate surface area is 147 Å². The van der Waals surface area contributed by atoms with Gasteiger partial charge in [0.05, 0.1) is 7.11 Å². The number of ketones is 1. The minimum Gasteiger partial charge on any atom is -0.496 e. The second-order valence-corrected chi connectivity index (χ2v) is 6.12. The number of carbonyl (C=O) groups is 2. The minimum absolute atomic E-state index is 0.176. The molecule has 4 nitrogen and oxygen atoms in total. The number of methoxy groups -OCH3 is 1. The van der Waals surface area contributed by atoms with E-state index in [9.17, 15) is 9.59 Å². The molecular formula is C17H14BrClO4. The molecule has 0 saturated carbocycles. The van der Waals surface area contributed by atoms with Crippen LogP contribution in [0.3, 0.4) is 0 Å². The predicted octanol–water partition coefficient (Wildman–Crippen LogP) is 4.54. The molecule has 0 fully saturated rings. The number of Topliss-reactive ketones (excluding diaryl/α,β-unsaturated/α-hetero) is 1. The van der Waals surface area contributed by atoms with Crippen molar-refractivity contribution in [3.63, 3.8) is 0 Å². The SMILES string of the molecule is COc1ccc(Cl)cc1C(=O)O[C@@H](C)C(=O)c1ccc(Br)cc1. The second-order valence-electron chi connectivity index (χ2n) is 4.76. The first-order valence-electron chi connectivity index (χ1n) is 6.76. The molecule has 0 spiro atoms. The molecule has 0 aromatic heterocycles. The molecule has 0 aliphatic heterocycles. The highest BCUT2D eigenvalue weighted by atomic mass is 79.9. The highest BCUT2D eigenvalue weighted by molar-refractivity contribution is 9.10. The fraction of sp³-hybridized carbons (Fsp3) is 0.176. The van der Waals surface area contributed by atoms with Gasteiger partial charge in [-0.05, 0) is 37.3 Å². The Morgan fingerprint density at radius 2 is 1.78 bits per heavy atom. The Bertz CT molecular complexity index is 728. The van der Waals surface area contributed by atoms with Crippen molar-refractivity contribution in [1.82, 2.24) is 0 Å². The fourth-order valence-corrected chi connectivity index (χ4v) is 2.40. The summed E-state index contributed by atoms with van der Waals surface area (Å²) in [7, 11) is 1.44. The molecule has 2 aromatic rings. The number of rotatable bonds is 5. The highest BCUT2D eigenvalue weighted by Gasteiger charge is 2.22. The lowest BCUT2D eigenvalue weighted by Gasteiger charge is -2.14. The Kier molecular flexibility index (Phi) is 5.80. The molecule has 0 N–H and O–H groups in total. The van der Waals surface area contributed by atoms with Crippen LogP contribution in [-0.2, 0) is 4.74 Å². The molecule has 0 unspecified atom stereocenters. The molecule has 0 radical (unpaired) electrons. The number of halogens is 2. The first-order chi connectivity index (χ1) is 10.9. The summed E-state index contributed by atoms with van der Waals surface area (Å²) in [6, 6.07) is 11.4. The summed E-state index contributed by atoms with van der Waals surface area (Å²) < 4.78 is 11.2. The van der Waals surface area contributed by atoms with E-state index in [0.717, 1.165) is 4.47 Å². The molecule has 6 heteroatoms. The summed E-state index contributed by atoms with van der Waals surface area (Å²) in [4.78, 5) is 24.6. The molecule has 1 atom stereocenters. The van der Waals surface area contributed by atoms with Gasteiger partial charge in [0.2, 0.25) is 5.78 Å². The van der Waals surface area contributed by atoms with Crippen molar-refractivity contribution in [2.45, 2.75) is 13.0 Å². The van der Waals surface area contributed by atoms with Crippen molar-refractivity contribution in [2.24, 2.45) is 0 Å². The quantitative estimate of drug-likeness (QED) is 0.549. The van der Waals surface area contributed by atoms with Gasteiger partial charge < -0.3 is 9.47 Å². The Balaban J connectivity index is 2.15. The average Bonchev–Trinajstić information content (AvgIpc) is 2.54. The number of benzene rings is 2. The molecule has 2 rings (SSSR count). The Morgan fingerprint density at radius 1 is 1.13 bits per heavy atom. The first kappa shape index (κ1) is 17.5. The van der Waals surface area contributed by atoms with Gasteiger partial charge in [0.25, 0.3) is 0 Å². The predicted molar refractivity (Wildman–Crippen MR) is 91.4 cm³/mol. The normalized spacial score (nSPS) is 11.7. The van der Waals surface area contributed by atoms with Crippen LogP contribution in [0.1, 0.15) is 27.6 Å².